The number of nitrogens with zero attached hydrogens (tertiary/aromatic N) is 1. The molecule has 1 aliphatic heterocycles. The predicted molar refractivity (Wildman–Crippen MR) is 64.9 cm³/mol. The maximum atomic E-state index is 11.1. The number of fused-ring (bicyclic) bond motifs is 1. The molecule has 0 radical (unpaired) electrons. The van der Waals surface area contributed by atoms with E-state index in [2.05, 4.69) is 0 Å². The van der Waals surface area contributed by atoms with Crippen molar-refractivity contribution in [2.75, 3.05) is 6.54 Å². The zero-order chi connectivity index (χ0) is 13.5. The van der Waals surface area contributed by atoms with Crippen LogP contribution in [0.3, 0.4) is 0 Å². The second kappa shape index (κ2) is 4.01. The van der Waals surface area contributed by atoms with Gasteiger partial charge in [0, 0.05) is 18.5 Å². The molecular formula is C13H15NO4. The van der Waals surface area contributed by atoms with E-state index in [1.807, 2.05) is 13.8 Å². The number of rotatable bonds is 1. The molecule has 0 aliphatic carbocycles. The van der Waals surface area contributed by atoms with Gasteiger partial charge in [-0.1, -0.05) is 19.9 Å². The summed E-state index contributed by atoms with van der Waals surface area (Å²) in [6, 6.07) is 4.92. The molecule has 1 aromatic rings. The van der Waals surface area contributed by atoms with Crippen molar-refractivity contribution in [3.8, 4) is 0 Å². The molecule has 5 nitrogen and oxygen atoms in total. The molecule has 2 rings (SSSR count). The van der Waals surface area contributed by atoms with Gasteiger partial charge in [0.2, 0.25) is 0 Å². The molecule has 0 unspecified atom stereocenters. The Morgan fingerprint density at radius 1 is 1.28 bits per heavy atom. The quantitative estimate of drug-likeness (QED) is 0.799. The van der Waals surface area contributed by atoms with E-state index in [0.717, 1.165) is 11.1 Å². The second-order valence-corrected chi connectivity index (χ2v) is 5.20. The highest BCUT2D eigenvalue weighted by Crippen LogP contribution is 2.33. The monoisotopic (exact) mass is 249 g/mol. The van der Waals surface area contributed by atoms with Crippen molar-refractivity contribution < 1.29 is 19.8 Å². The van der Waals surface area contributed by atoms with Crippen LogP contribution in [0.15, 0.2) is 18.2 Å². The molecule has 2 N–H and O–H groups in total. The molecule has 18 heavy (non-hydrogen) atoms. The maximum Gasteiger partial charge on any atom is 0.407 e. The molecule has 0 spiro atoms. The van der Waals surface area contributed by atoms with E-state index in [1.165, 1.54) is 4.90 Å². The van der Waals surface area contributed by atoms with Gasteiger partial charge < -0.3 is 15.1 Å². The third kappa shape index (κ3) is 2.03. The van der Waals surface area contributed by atoms with Gasteiger partial charge in [-0.05, 0) is 23.3 Å². The third-order valence-corrected chi connectivity index (χ3v) is 3.30. The highest BCUT2D eigenvalue weighted by Gasteiger charge is 2.34. The number of amides is 1. The predicted octanol–water partition coefficient (Wildman–Crippen LogP) is 2.16. The van der Waals surface area contributed by atoms with Crippen LogP contribution in [-0.4, -0.2) is 33.7 Å². The Balaban J connectivity index is 2.49. The fraction of sp³-hybridized carbons (Fsp3) is 0.385. The Labute approximate surface area is 105 Å². The molecule has 0 aromatic heterocycles. The van der Waals surface area contributed by atoms with Crippen LogP contribution in [0.1, 0.15) is 35.3 Å². The van der Waals surface area contributed by atoms with Crippen molar-refractivity contribution >= 4 is 12.1 Å². The van der Waals surface area contributed by atoms with Gasteiger partial charge in [-0.3, -0.25) is 0 Å². The zero-order valence-electron chi connectivity index (χ0n) is 10.3. The molecule has 0 bridgehead atoms. The van der Waals surface area contributed by atoms with Gasteiger partial charge >= 0.3 is 12.1 Å². The van der Waals surface area contributed by atoms with E-state index in [9.17, 15) is 9.59 Å². The van der Waals surface area contributed by atoms with Crippen LogP contribution in [0.2, 0.25) is 0 Å². The SMILES string of the molecule is CC1(C)CN(C(=O)O)Cc2cc(C(=O)O)ccc21. The van der Waals surface area contributed by atoms with E-state index < -0.39 is 12.1 Å². The van der Waals surface area contributed by atoms with Crippen molar-refractivity contribution in [3.05, 3.63) is 34.9 Å². The zero-order valence-corrected chi connectivity index (χ0v) is 10.3. The highest BCUT2D eigenvalue weighted by atomic mass is 16.4. The van der Waals surface area contributed by atoms with Crippen LogP contribution < -0.4 is 0 Å². The molecular weight excluding hydrogens is 234 g/mol. The van der Waals surface area contributed by atoms with E-state index in [-0.39, 0.29) is 17.5 Å². The Bertz CT molecular complexity index is 522. The van der Waals surface area contributed by atoms with Crippen molar-refractivity contribution in [2.45, 2.75) is 25.8 Å². The van der Waals surface area contributed by atoms with Gasteiger partial charge in [0.05, 0.1) is 5.56 Å². The molecule has 5 heteroatoms. The topological polar surface area (TPSA) is 77.8 Å². The van der Waals surface area contributed by atoms with Gasteiger partial charge in [-0.25, -0.2) is 9.59 Å². The first kappa shape index (κ1) is 12.4. The minimum atomic E-state index is -0.997. The van der Waals surface area contributed by atoms with E-state index in [1.54, 1.807) is 18.2 Å². The molecule has 0 atom stereocenters. The summed E-state index contributed by atoms with van der Waals surface area (Å²) in [5.74, 6) is -0.997. The van der Waals surface area contributed by atoms with E-state index in [0.29, 0.717) is 6.54 Å². The number of hydrogen-bond acceptors (Lipinski definition) is 2. The smallest absolute Gasteiger partial charge is 0.407 e. The van der Waals surface area contributed by atoms with Crippen LogP contribution in [0, 0.1) is 0 Å². The van der Waals surface area contributed by atoms with Crippen molar-refractivity contribution in [2.24, 2.45) is 0 Å². The van der Waals surface area contributed by atoms with Crippen molar-refractivity contribution in [3.63, 3.8) is 0 Å². The molecule has 96 valence electrons. The Hall–Kier alpha value is -2.04. The lowest BCUT2D eigenvalue weighted by Gasteiger charge is -2.38. The second-order valence-electron chi connectivity index (χ2n) is 5.20. The summed E-state index contributed by atoms with van der Waals surface area (Å²) in [7, 11) is 0. The fourth-order valence-electron chi connectivity index (χ4n) is 2.48. The number of hydrogen-bond donors (Lipinski definition) is 2. The Morgan fingerprint density at radius 2 is 1.94 bits per heavy atom. The first-order chi connectivity index (χ1) is 8.31. The number of aromatic carboxylic acids is 1. The first-order valence-electron chi connectivity index (χ1n) is 5.66. The summed E-state index contributed by atoms with van der Waals surface area (Å²) >= 11 is 0. The average Bonchev–Trinajstić information content (AvgIpc) is 2.27. The Morgan fingerprint density at radius 3 is 2.50 bits per heavy atom. The fourth-order valence-corrected chi connectivity index (χ4v) is 2.48. The lowest BCUT2D eigenvalue weighted by atomic mass is 9.78. The number of carboxylic acid groups (broad SMARTS) is 2. The third-order valence-electron chi connectivity index (χ3n) is 3.30. The summed E-state index contributed by atoms with van der Waals surface area (Å²) in [5, 5.41) is 18.0. The lowest BCUT2D eigenvalue weighted by molar-refractivity contribution is 0.0696. The molecule has 0 saturated carbocycles. The van der Waals surface area contributed by atoms with Crippen LogP contribution in [-0.2, 0) is 12.0 Å². The molecule has 1 amide bonds. The van der Waals surface area contributed by atoms with E-state index in [4.69, 9.17) is 10.2 Å². The van der Waals surface area contributed by atoms with Gasteiger partial charge in [0.15, 0.2) is 0 Å². The number of benzene rings is 1. The van der Waals surface area contributed by atoms with Crippen molar-refractivity contribution in [1.29, 1.82) is 0 Å². The standard InChI is InChI=1S/C13H15NO4/c1-13(2)7-14(12(17)18)6-9-5-8(11(15)16)3-4-10(9)13/h3-5H,6-7H2,1-2H3,(H,15,16)(H,17,18). The van der Waals surface area contributed by atoms with Crippen LogP contribution in [0.5, 0.6) is 0 Å². The summed E-state index contributed by atoms with van der Waals surface area (Å²) in [4.78, 5) is 23.3. The van der Waals surface area contributed by atoms with Gasteiger partial charge in [0.1, 0.15) is 0 Å². The molecule has 1 aliphatic rings. The summed E-state index contributed by atoms with van der Waals surface area (Å²) in [5.41, 5.74) is 1.68. The van der Waals surface area contributed by atoms with Crippen LogP contribution >= 0.6 is 0 Å². The highest BCUT2D eigenvalue weighted by molar-refractivity contribution is 5.88. The minimum Gasteiger partial charge on any atom is -0.478 e. The van der Waals surface area contributed by atoms with Gasteiger partial charge in [-0.2, -0.15) is 0 Å². The Kier molecular flexibility index (Phi) is 2.77. The normalized spacial score (nSPS) is 17.1. The molecule has 1 aromatic carbocycles. The van der Waals surface area contributed by atoms with E-state index >= 15 is 0 Å². The lowest BCUT2D eigenvalue weighted by Crippen LogP contribution is -2.44. The average molecular weight is 249 g/mol. The molecule has 0 fully saturated rings. The molecule has 1 heterocycles. The maximum absolute atomic E-state index is 11.1. The minimum absolute atomic E-state index is 0.191. The van der Waals surface area contributed by atoms with Crippen molar-refractivity contribution in [1.82, 2.24) is 4.90 Å². The number of carbonyl (C=O) groups is 2. The summed E-state index contributed by atoms with van der Waals surface area (Å²) < 4.78 is 0. The first-order valence-corrected chi connectivity index (χ1v) is 5.66. The van der Waals surface area contributed by atoms with Gasteiger partial charge in [-0.15, -0.1) is 0 Å². The van der Waals surface area contributed by atoms with Crippen LogP contribution in [0.4, 0.5) is 4.79 Å². The summed E-state index contributed by atoms with van der Waals surface area (Å²) in [6.45, 7) is 4.58. The summed E-state index contributed by atoms with van der Waals surface area (Å²) in [6.07, 6.45) is -0.977. The largest absolute Gasteiger partial charge is 0.478 e. The molecule has 0 saturated heterocycles. The number of carboxylic acids is 1. The van der Waals surface area contributed by atoms with Gasteiger partial charge in [0.25, 0.3) is 0 Å². The van der Waals surface area contributed by atoms with Crippen LogP contribution in [0.25, 0.3) is 0 Å².